The molecule has 0 fully saturated rings. The molecule has 0 unspecified atom stereocenters. The van der Waals surface area contributed by atoms with Crippen LogP contribution in [0.3, 0.4) is 0 Å². The van der Waals surface area contributed by atoms with Crippen LogP contribution >= 0.6 is 0 Å². The first kappa shape index (κ1) is 6.40. The van der Waals surface area contributed by atoms with E-state index in [0.29, 0.717) is 0 Å². The van der Waals surface area contributed by atoms with E-state index in [4.69, 9.17) is 0 Å². The molecule has 1 aliphatic rings. The van der Waals surface area contributed by atoms with Crippen LogP contribution in [0.5, 0.6) is 0 Å². The van der Waals surface area contributed by atoms with Crippen LogP contribution in [0.1, 0.15) is 18.2 Å². The summed E-state index contributed by atoms with van der Waals surface area (Å²) in [5.41, 5.74) is 1.12. The number of carbonyl (C=O) groups is 1. The topological polar surface area (TPSA) is 22.0 Å². The molecule has 0 spiro atoms. The van der Waals surface area contributed by atoms with Crippen LogP contribution in [0.25, 0.3) is 6.08 Å². The van der Waals surface area contributed by atoms with Crippen molar-refractivity contribution in [3.63, 3.8) is 0 Å². The first-order valence-corrected chi connectivity index (χ1v) is 3.70. The van der Waals surface area contributed by atoms with Crippen molar-refractivity contribution in [2.45, 2.75) is 12.5 Å². The Labute approximate surface area is 65.1 Å². The van der Waals surface area contributed by atoms with Gasteiger partial charge in [-0.15, -0.1) is 0 Å². The predicted octanol–water partition coefficient (Wildman–Crippen LogP) is 1.65. The van der Waals surface area contributed by atoms with Crippen molar-refractivity contribution in [2.75, 3.05) is 0 Å². The predicted molar refractivity (Wildman–Crippen MR) is 43.2 cm³/mol. The largest absolute Gasteiger partial charge is 0.337 e. The number of aldehydes is 1. The second-order valence-electron chi connectivity index (χ2n) is 2.68. The normalized spacial score (nSPS) is 21.3. The molecule has 2 rings (SSSR count). The molecule has 2 heteroatoms. The molecule has 1 aliphatic heterocycles. The van der Waals surface area contributed by atoms with E-state index >= 15 is 0 Å². The Kier molecular flexibility index (Phi) is 1.39. The van der Waals surface area contributed by atoms with Crippen molar-refractivity contribution in [1.29, 1.82) is 0 Å². The lowest BCUT2D eigenvalue weighted by atomic mass is 10.1. The SMILES string of the molecule is O=C[C@@H]1CC=Cc2cccn21. The summed E-state index contributed by atoms with van der Waals surface area (Å²) in [6.07, 6.45) is 7.84. The van der Waals surface area contributed by atoms with E-state index < -0.39 is 0 Å². The van der Waals surface area contributed by atoms with Gasteiger partial charge < -0.3 is 9.36 Å². The molecule has 11 heavy (non-hydrogen) atoms. The molecule has 0 bridgehead atoms. The number of carbonyl (C=O) groups excluding carboxylic acids is 1. The van der Waals surface area contributed by atoms with Crippen molar-refractivity contribution in [2.24, 2.45) is 0 Å². The van der Waals surface area contributed by atoms with Gasteiger partial charge in [-0.05, 0) is 24.6 Å². The van der Waals surface area contributed by atoms with Gasteiger partial charge in [0.25, 0.3) is 0 Å². The van der Waals surface area contributed by atoms with Crippen LogP contribution in [0.4, 0.5) is 0 Å². The summed E-state index contributed by atoms with van der Waals surface area (Å²) >= 11 is 0. The van der Waals surface area contributed by atoms with Crippen LogP contribution < -0.4 is 0 Å². The average molecular weight is 147 g/mol. The van der Waals surface area contributed by atoms with Crippen molar-refractivity contribution < 1.29 is 4.79 Å². The standard InChI is InChI=1S/C9H9NO/c11-7-9-4-1-3-8-5-2-6-10(8)9/h1-3,5-7,9H,4H2/t9-/m0/s1. The Morgan fingerprint density at radius 2 is 2.55 bits per heavy atom. The summed E-state index contributed by atoms with van der Waals surface area (Å²) in [6, 6.07) is 3.98. The lowest BCUT2D eigenvalue weighted by molar-refractivity contribution is -0.110. The molecule has 0 radical (unpaired) electrons. The Bertz CT molecular complexity index is 298. The highest BCUT2D eigenvalue weighted by molar-refractivity contribution is 5.61. The zero-order chi connectivity index (χ0) is 7.68. The van der Waals surface area contributed by atoms with Gasteiger partial charge in [-0.1, -0.05) is 6.08 Å². The zero-order valence-electron chi connectivity index (χ0n) is 6.10. The first-order chi connectivity index (χ1) is 5.42. The highest BCUT2D eigenvalue weighted by Gasteiger charge is 2.12. The third-order valence-electron chi connectivity index (χ3n) is 1.99. The third-order valence-corrected chi connectivity index (χ3v) is 1.99. The van der Waals surface area contributed by atoms with Crippen LogP contribution in [0.15, 0.2) is 24.4 Å². The number of aromatic nitrogens is 1. The maximum atomic E-state index is 10.6. The minimum Gasteiger partial charge on any atom is -0.337 e. The van der Waals surface area contributed by atoms with E-state index in [-0.39, 0.29) is 6.04 Å². The second-order valence-corrected chi connectivity index (χ2v) is 2.68. The summed E-state index contributed by atoms with van der Waals surface area (Å²) in [4.78, 5) is 10.6. The summed E-state index contributed by atoms with van der Waals surface area (Å²) in [6.45, 7) is 0. The zero-order valence-corrected chi connectivity index (χ0v) is 6.10. The fraction of sp³-hybridized carbons (Fsp3) is 0.222. The van der Waals surface area contributed by atoms with Gasteiger partial charge in [0, 0.05) is 11.9 Å². The van der Waals surface area contributed by atoms with Gasteiger partial charge in [0.05, 0.1) is 6.04 Å². The molecule has 1 aromatic heterocycles. The Balaban J connectivity index is 2.48. The van der Waals surface area contributed by atoms with Crippen LogP contribution in [-0.4, -0.2) is 10.9 Å². The van der Waals surface area contributed by atoms with Gasteiger partial charge in [0.15, 0.2) is 0 Å². The summed E-state index contributed by atoms with van der Waals surface area (Å²) < 4.78 is 1.99. The van der Waals surface area contributed by atoms with E-state index in [1.807, 2.05) is 35.0 Å². The molecule has 2 nitrogen and oxygen atoms in total. The smallest absolute Gasteiger partial charge is 0.143 e. The van der Waals surface area contributed by atoms with E-state index in [0.717, 1.165) is 18.4 Å². The third kappa shape index (κ3) is 0.909. The van der Waals surface area contributed by atoms with Gasteiger partial charge in [-0.25, -0.2) is 0 Å². The average Bonchev–Trinajstić information content (AvgIpc) is 2.50. The van der Waals surface area contributed by atoms with E-state index in [1.54, 1.807) is 0 Å². The molecule has 1 aromatic rings. The van der Waals surface area contributed by atoms with Gasteiger partial charge in [0.2, 0.25) is 0 Å². The maximum Gasteiger partial charge on any atom is 0.143 e. The number of hydrogen-bond acceptors (Lipinski definition) is 1. The lowest BCUT2D eigenvalue weighted by Gasteiger charge is -2.16. The minimum atomic E-state index is 0.0185. The van der Waals surface area contributed by atoms with Gasteiger partial charge in [-0.3, -0.25) is 0 Å². The van der Waals surface area contributed by atoms with Crippen LogP contribution in [0.2, 0.25) is 0 Å². The van der Waals surface area contributed by atoms with E-state index in [2.05, 4.69) is 0 Å². The Hall–Kier alpha value is -1.31. The number of nitrogens with zero attached hydrogens (tertiary/aromatic N) is 1. The summed E-state index contributed by atoms with van der Waals surface area (Å²) in [5, 5.41) is 0. The Morgan fingerprint density at radius 3 is 3.36 bits per heavy atom. The molecule has 0 aromatic carbocycles. The fourth-order valence-electron chi connectivity index (χ4n) is 1.41. The quantitative estimate of drug-likeness (QED) is 0.553. The number of rotatable bonds is 1. The molecular formula is C9H9NO. The highest BCUT2D eigenvalue weighted by Crippen LogP contribution is 2.20. The lowest BCUT2D eigenvalue weighted by Crippen LogP contribution is -2.12. The second kappa shape index (κ2) is 2.38. The molecule has 2 heterocycles. The van der Waals surface area contributed by atoms with Crippen molar-refractivity contribution in [1.82, 2.24) is 4.57 Å². The first-order valence-electron chi connectivity index (χ1n) is 3.70. The summed E-state index contributed by atoms with van der Waals surface area (Å²) in [5.74, 6) is 0. The number of fused-ring (bicyclic) bond motifs is 1. The van der Waals surface area contributed by atoms with Gasteiger partial charge in [0.1, 0.15) is 6.29 Å². The fourth-order valence-corrected chi connectivity index (χ4v) is 1.41. The van der Waals surface area contributed by atoms with Crippen molar-refractivity contribution in [3.05, 3.63) is 30.1 Å². The van der Waals surface area contributed by atoms with Crippen molar-refractivity contribution in [3.8, 4) is 0 Å². The summed E-state index contributed by atoms with van der Waals surface area (Å²) in [7, 11) is 0. The molecular weight excluding hydrogens is 138 g/mol. The van der Waals surface area contributed by atoms with E-state index in [9.17, 15) is 4.79 Å². The van der Waals surface area contributed by atoms with Gasteiger partial charge >= 0.3 is 0 Å². The maximum absolute atomic E-state index is 10.6. The van der Waals surface area contributed by atoms with Crippen LogP contribution in [-0.2, 0) is 4.79 Å². The number of hydrogen-bond donors (Lipinski definition) is 0. The van der Waals surface area contributed by atoms with E-state index in [1.165, 1.54) is 0 Å². The highest BCUT2D eigenvalue weighted by atomic mass is 16.1. The van der Waals surface area contributed by atoms with Crippen molar-refractivity contribution >= 4 is 12.4 Å². The number of allylic oxidation sites excluding steroid dienone is 1. The monoisotopic (exact) mass is 147 g/mol. The molecule has 0 saturated heterocycles. The molecule has 0 amide bonds. The minimum absolute atomic E-state index is 0.0185. The molecule has 0 aliphatic carbocycles. The Morgan fingerprint density at radius 1 is 1.64 bits per heavy atom. The molecule has 0 saturated carbocycles. The van der Waals surface area contributed by atoms with Crippen LogP contribution in [0, 0.1) is 0 Å². The molecule has 1 atom stereocenters. The van der Waals surface area contributed by atoms with Gasteiger partial charge in [-0.2, -0.15) is 0 Å². The molecule has 56 valence electrons. The molecule has 0 N–H and O–H groups in total.